The highest BCUT2D eigenvalue weighted by molar-refractivity contribution is 5.76. The van der Waals surface area contributed by atoms with Gasteiger partial charge in [-0.3, -0.25) is 9.78 Å². The Balaban J connectivity index is 1.83. The van der Waals surface area contributed by atoms with Gasteiger partial charge >= 0.3 is 0 Å². The van der Waals surface area contributed by atoms with Gasteiger partial charge in [0.1, 0.15) is 11.6 Å². The Morgan fingerprint density at radius 1 is 1.31 bits per heavy atom. The van der Waals surface area contributed by atoms with Crippen LogP contribution in [0, 0.1) is 6.92 Å². The number of piperidine rings is 1. The minimum absolute atomic E-state index is 0.0880. The van der Waals surface area contributed by atoms with Gasteiger partial charge in [0, 0.05) is 37.8 Å². The van der Waals surface area contributed by atoms with Crippen molar-refractivity contribution in [1.82, 2.24) is 24.8 Å². The van der Waals surface area contributed by atoms with Crippen molar-refractivity contribution in [2.45, 2.75) is 38.6 Å². The molecule has 8 heteroatoms. The van der Waals surface area contributed by atoms with Crippen LogP contribution in [0.5, 0.6) is 0 Å². The van der Waals surface area contributed by atoms with Gasteiger partial charge in [0.05, 0.1) is 25.3 Å². The molecule has 0 aliphatic carbocycles. The average Bonchev–Trinajstić information content (AvgIpc) is 2.66. The Morgan fingerprint density at radius 2 is 2.19 bits per heavy atom. The number of rotatable bonds is 6. The number of carbonyl (C=O) groups excluding carboxylic acids is 1. The number of nitrogens with zero attached hydrogens (tertiary/aromatic N) is 5. The second-order valence-corrected chi connectivity index (χ2v) is 6.31. The second-order valence-electron chi connectivity index (χ2n) is 6.31. The van der Waals surface area contributed by atoms with Crippen LogP contribution in [0.1, 0.15) is 43.2 Å². The van der Waals surface area contributed by atoms with Crippen LogP contribution in [0.3, 0.4) is 0 Å². The van der Waals surface area contributed by atoms with E-state index in [0.29, 0.717) is 30.5 Å². The molecule has 1 aliphatic heterocycles. The molecule has 1 aliphatic rings. The molecular formula is C18H24N6O2. The lowest BCUT2D eigenvalue weighted by atomic mass is 10.0. The Labute approximate surface area is 153 Å². The number of methoxy groups -OCH3 is 1. The first-order valence-corrected chi connectivity index (χ1v) is 8.84. The molecule has 1 atom stereocenters. The lowest BCUT2D eigenvalue weighted by Crippen LogP contribution is -2.39. The van der Waals surface area contributed by atoms with Crippen LogP contribution in [-0.2, 0) is 9.53 Å². The highest BCUT2D eigenvalue weighted by atomic mass is 16.5. The van der Waals surface area contributed by atoms with Crippen LogP contribution in [0.15, 0.2) is 24.7 Å². The molecule has 0 saturated carbocycles. The maximum absolute atomic E-state index is 12.6. The summed E-state index contributed by atoms with van der Waals surface area (Å²) < 4.78 is 5.05. The fraction of sp³-hybridized carbons (Fsp3) is 0.500. The zero-order valence-corrected chi connectivity index (χ0v) is 15.2. The Morgan fingerprint density at radius 3 is 2.96 bits per heavy atom. The summed E-state index contributed by atoms with van der Waals surface area (Å²) in [4.78, 5) is 32.0. The molecule has 3 heterocycles. The molecule has 2 aromatic heterocycles. The summed E-state index contributed by atoms with van der Waals surface area (Å²) >= 11 is 0. The highest BCUT2D eigenvalue weighted by Gasteiger charge is 2.30. The van der Waals surface area contributed by atoms with Crippen LogP contribution >= 0.6 is 0 Å². The minimum Gasteiger partial charge on any atom is -0.384 e. The molecule has 1 fully saturated rings. The first kappa shape index (κ1) is 18.2. The average molecular weight is 356 g/mol. The first-order valence-electron chi connectivity index (χ1n) is 8.84. The van der Waals surface area contributed by atoms with E-state index in [2.05, 4.69) is 25.3 Å². The number of aromatic nitrogens is 4. The maximum Gasteiger partial charge on any atom is 0.225 e. The fourth-order valence-electron chi connectivity index (χ4n) is 3.13. The van der Waals surface area contributed by atoms with Gasteiger partial charge in [0.25, 0.3) is 0 Å². The predicted molar refractivity (Wildman–Crippen MR) is 96.9 cm³/mol. The first-order chi connectivity index (χ1) is 12.7. The Hall–Kier alpha value is -2.61. The molecule has 8 nitrogen and oxygen atoms in total. The molecule has 1 amide bonds. The van der Waals surface area contributed by atoms with Crippen molar-refractivity contribution in [2.24, 2.45) is 0 Å². The summed E-state index contributed by atoms with van der Waals surface area (Å²) in [7, 11) is 1.61. The maximum atomic E-state index is 12.6. The molecule has 1 unspecified atom stereocenters. The van der Waals surface area contributed by atoms with Crippen LogP contribution in [-0.4, -0.2) is 51.0 Å². The third-order valence-corrected chi connectivity index (χ3v) is 4.33. The van der Waals surface area contributed by atoms with Crippen molar-refractivity contribution < 1.29 is 9.53 Å². The van der Waals surface area contributed by atoms with E-state index in [0.717, 1.165) is 31.5 Å². The monoisotopic (exact) mass is 356 g/mol. The van der Waals surface area contributed by atoms with E-state index in [-0.39, 0.29) is 11.9 Å². The van der Waals surface area contributed by atoms with Gasteiger partial charge in [-0.05, 0) is 26.2 Å². The molecule has 1 N–H and O–H groups in total. The van der Waals surface area contributed by atoms with Gasteiger partial charge in [-0.25, -0.2) is 15.0 Å². The SMILES string of the molecule is COCCC(=O)N1CCCCC1c1nc(C)cc(Nc2cnccn2)n1. The van der Waals surface area contributed by atoms with Gasteiger partial charge in [0.2, 0.25) is 5.91 Å². The number of nitrogens with one attached hydrogen (secondary N) is 1. The fourth-order valence-corrected chi connectivity index (χ4v) is 3.13. The Bertz CT molecular complexity index is 740. The molecule has 138 valence electrons. The van der Waals surface area contributed by atoms with Crippen molar-refractivity contribution >= 4 is 17.5 Å². The predicted octanol–water partition coefficient (Wildman–Crippen LogP) is 2.41. The van der Waals surface area contributed by atoms with E-state index >= 15 is 0 Å². The number of amides is 1. The summed E-state index contributed by atoms with van der Waals surface area (Å²) in [5, 5.41) is 3.15. The highest BCUT2D eigenvalue weighted by Crippen LogP contribution is 2.30. The molecule has 0 spiro atoms. The van der Waals surface area contributed by atoms with E-state index in [4.69, 9.17) is 4.74 Å². The van der Waals surface area contributed by atoms with Crippen molar-refractivity contribution in [3.63, 3.8) is 0 Å². The van der Waals surface area contributed by atoms with Crippen molar-refractivity contribution in [2.75, 3.05) is 25.6 Å². The molecule has 26 heavy (non-hydrogen) atoms. The van der Waals surface area contributed by atoms with Crippen molar-refractivity contribution in [3.05, 3.63) is 36.2 Å². The van der Waals surface area contributed by atoms with Crippen LogP contribution in [0.2, 0.25) is 0 Å². The quantitative estimate of drug-likeness (QED) is 0.849. The molecule has 1 saturated heterocycles. The third kappa shape index (κ3) is 4.51. The largest absolute Gasteiger partial charge is 0.384 e. The van der Waals surface area contributed by atoms with Gasteiger partial charge in [0.15, 0.2) is 5.82 Å². The van der Waals surface area contributed by atoms with Crippen molar-refractivity contribution in [1.29, 1.82) is 0 Å². The summed E-state index contributed by atoms with van der Waals surface area (Å²) in [5.74, 6) is 2.03. The van der Waals surface area contributed by atoms with E-state index in [1.165, 1.54) is 0 Å². The number of anilines is 2. The molecule has 3 rings (SSSR count). The van der Waals surface area contributed by atoms with E-state index < -0.39 is 0 Å². The van der Waals surface area contributed by atoms with Crippen LogP contribution in [0.25, 0.3) is 0 Å². The van der Waals surface area contributed by atoms with Gasteiger partial charge in [-0.1, -0.05) is 0 Å². The smallest absolute Gasteiger partial charge is 0.225 e. The van der Waals surface area contributed by atoms with Crippen LogP contribution in [0.4, 0.5) is 11.6 Å². The molecule has 0 radical (unpaired) electrons. The van der Waals surface area contributed by atoms with Crippen molar-refractivity contribution in [3.8, 4) is 0 Å². The van der Waals surface area contributed by atoms with E-state index in [9.17, 15) is 4.79 Å². The molecule has 2 aromatic rings. The summed E-state index contributed by atoms with van der Waals surface area (Å²) in [6, 6.07) is 1.76. The van der Waals surface area contributed by atoms with Gasteiger partial charge in [-0.15, -0.1) is 0 Å². The van der Waals surface area contributed by atoms with Crippen LogP contribution < -0.4 is 5.32 Å². The summed E-state index contributed by atoms with van der Waals surface area (Å²) in [5.41, 5.74) is 0.844. The molecular weight excluding hydrogens is 332 g/mol. The lowest BCUT2D eigenvalue weighted by Gasteiger charge is -2.35. The number of hydrogen-bond donors (Lipinski definition) is 1. The number of carbonyl (C=O) groups is 1. The lowest BCUT2D eigenvalue weighted by molar-refractivity contribution is -0.136. The van der Waals surface area contributed by atoms with E-state index in [1.807, 2.05) is 17.9 Å². The summed E-state index contributed by atoms with van der Waals surface area (Å²) in [6.45, 7) is 3.08. The molecule has 0 aromatic carbocycles. The Kier molecular flexibility index (Phi) is 6.06. The van der Waals surface area contributed by atoms with E-state index in [1.54, 1.807) is 25.7 Å². The number of likely N-dealkylation sites (tertiary alicyclic amines) is 1. The normalized spacial score (nSPS) is 17.2. The van der Waals surface area contributed by atoms with Gasteiger partial charge < -0.3 is 15.0 Å². The second kappa shape index (κ2) is 8.66. The zero-order valence-electron chi connectivity index (χ0n) is 15.2. The van der Waals surface area contributed by atoms with Gasteiger partial charge in [-0.2, -0.15) is 0 Å². The summed E-state index contributed by atoms with van der Waals surface area (Å²) in [6.07, 6.45) is 8.19. The topological polar surface area (TPSA) is 93.1 Å². The molecule has 0 bridgehead atoms. The number of aryl methyl sites for hydroxylation is 1. The zero-order chi connectivity index (χ0) is 18.4. The standard InChI is InChI=1S/C18H24N6O2/c1-13-11-15(22-16-12-19-7-8-20-16)23-18(21-13)14-5-3-4-9-24(14)17(25)6-10-26-2/h7-8,11-12,14H,3-6,9-10H2,1-2H3,(H,20,21,22,23). The minimum atomic E-state index is -0.101. The number of hydrogen-bond acceptors (Lipinski definition) is 7. The third-order valence-electron chi connectivity index (χ3n) is 4.33. The number of ether oxygens (including phenoxy) is 1.